The minimum Gasteiger partial charge on any atom is -0.353 e. The molecule has 0 radical (unpaired) electrons. The molecule has 148 valence electrons. The Morgan fingerprint density at radius 1 is 0.929 bits per heavy atom. The molecule has 0 saturated carbocycles. The zero-order valence-corrected chi connectivity index (χ0v) is 17.0. The zero-order chi connectivity index (χ0) is 19.9. The maximum absolute atomic E-state index is 12.3. The summed E-state index contributed by atoms with van der Waals surface area (Å²) in [5, 5.41) is 6.58. The average Bonchev–Trinajstić information content (AvgIpc) is 3.22. The third-order valence-electron chi connectivity index (χ3n) is 4.87. The Kier molecular flexibility index (Phi) is 7.31. The van der Waals surface area contributed by atoms with Crippen LogP contribution >= 0.6 is 23.2 Å². The van der Waals surface area contributed by atoms with E-state index >= 15 is 0 Å². The first-order valence-corrected chi connectivity index (χ1v) is 10.1. The molecule has 1 atom stereocenters. The number of likely N-dealkylation sites (tertiary alicyclic amines) is 1. The Morgan fingerprint density at radius 2 is 1.57 bits per heavy atom. The van der Waals surface area contributed by atoms with Crippen LogP contribution in [0.4, 0.5) is 0 Å². The van der Waals surface area contributed by atoms with Gasteiger partial charge in [0.05, 0.1) is 23.2 Å². The normalized spacial score (nSPS) is 15.2. The van der Waals surface area contributed by atoms with Crippen molar-refractivity contribution in [2.24, 2.45) is 0 Å². The predicted octanol–water partition coefficient (Wildman–Crippen LogP) is 3.68. The molecule has 3 rings (SSSR count). The summed E-state index contributed by atoms with van der Waals surface area (Å²) in [4.78, 5) is 26.8. The third-order valence-corrected chi connectivity index (χ3v) is 5.54. The van der Waals surface area contributed by atoms with Crippen molar-refractivity contribution in [1.29, 1.82) is 0 Å². The van der Waals surface area contributed by atoms with Crippen LogP contribution < -0.4 is 10.6 Å². The van der Waals surface area contributed by atoms with Crippen LogP contribution in [0, 0.1) is 0 Å². The van der Waals surface area contributed by atoms with Crippen molar-refractivity contribution < 1.29 is 9.59 Å². The fraction of sp³-hybridized carbons (Fsp3) is 0.333. The Hall–Kier alpha value is -2.08. The van der Waals surface area contributed by atoms with Gasteiger partial charge in [-0.15, -0.1) is 0 Å². The van der Waals surface area contributed by atoms with E-state index in [2.05, 4.69) is 15.5 Å². The molecule has 0 bridgehead atoms. The lowest BCUT2D eigenvalue weighted by atomic mass is 10.1. The van der Waals surface area contributed by atoms with Crippen LogP contribution in [0.25, 0.3) is 0 Å². The van der Waals surface area contributed by atoms with Crippen molar-refractivity contribution in [3.8, 4) is 0 Å². The van der Waals surface area contributed by atoms with E-state index in [1.807, 2.05) is 24.3 Å². The Labute approximate surface area is 175 Å². The lowest BCUT2D eigenvalue weighted by molar-refractivity contribution is -0.120. The standard InChI is InChI=1S/C21H23Cl2N3O2/c22-17-9-3-1-7-15(17)19(26-11-5-6-12-26)13-24-20(27)14-25-21(28)16-8-2-4-10-18(16)23/h1-4,7-10,19H,5-6,11-14H2,(H,24,27)(H,25,28). The minimum atomic E-state index is -0.372. The second-order valence-electron chi connectivity index (χ2n) is 6.75. The van der Waals surface area contributed by atoms with Gasteiger partial charge in [0, 0.05) is 11.6 Å². The fourth-order valence-corrected chi connectivity index (χ4v) is 3.89. The number of amides is 2. The molecular formula is C21H23Cl2N3O2. The molecule has 1 heterocycles. The SMILES string of the molecule is O=C(CNC(=O)c1ccccc1Cl)NCC(c1ccccc1Cl)N1CCCC1. The van der Waals surface area contributed by atoms with Crippen LogP contribution in [0.5, 0.6) is 0 Å². The van der Waals surface area contributed by atoms with E-state index in [4.69, 9.17) is 23.2 Å². The summed E-state index contributed by atoms with van der Waals surface area (Å²) in [5.41, 5.74) is 1.36. The van der Waals surface area contributed by atoms with E-state index < -0.39 is 0 Å². The highest BCUT2D eigenvalue weighted by molar-refractivity contribution is 6.33. The lowest BCUT2D eigenvalue weighted by Crippen LogP contribution is -2.41. The van der Waals surface area contributed by atoms with Crippen LogP contribution in [0.2, 0.25) is 10.0 Å². The number of halogens is 2. The molecule has 2 N–H and O–H groups in total. The molecular weight excluding hydrogens is 397 g/mol. The van der Waals surface area contributed by atoms with E-state index in [0.717, 1.165) is 31.5 Å². The molecule has 1 fully saturated rings. The maximum atomic E-state index is 12.3. The number of rotatable bonds is 7. The van der Waals surface area contributed by atoms with E-state index in [1.165, 1.54) is 0 Å². The van der Waals surface area contributed by atoms with Gasteiger partial charge >= 0.3 is 0 Å². The third kappa shape index (κ3) is 5.25. The number of carbonyl (C=O) groups excluding carboxylic acids is 2. The second-order valence-corrected chi connectivity index (χ2v) is 7.56. The van der Waals surface area contributed by atoms with E-state index in [-0.39, 0.29) is 24.4 Å². The summed E-state index contributed by atoms with van der Waals surface area (Å²) in [6.07, 6.45) is 2.28. The Bertz CT molecular complexity index is 838. The van der Waals surface area contributed by atoms with Crippen LogP contribution in [0.3, 0.4) is 0 Å². The minimum absolute atomic E-state index is 0.0134. The molecule has 1 aliphatic rings. The van der Waals surface area contributed by atoms with Gasteiger partial charge in [-0.05, 0) is 49.7 Å². The molecule has 2 aromatic carbocycles. The molecule has 7 heteroatoms. The average molecular weight is 420 g/mol. The Balaban J connectivity index is 1.57. The molecule has 2 amide bonds. The highest BCUT2D eigenvalue weighted by atomic mass is 35.5. The van der Waals surface area contributed by atoms with Gasteiger partial charge in [0.1, 0.15) is 0 Å². The lowest BCUT2D eigenvalue weighted by Gasteiger charge is -2.29. The first-order chi connectivity index (χ1) is 13.6. The largest absolute Gasteiger partial charge is 0.353 e. The molecule has 5 nitrogen and oxygen atoms in total. The van der Waals surface area contributed by atoms with Crippen molar-refractivity contribution in [3.63, 3.8) is 0 Å². The van der Waals surface area contributed by atoms with Crippen molar-refractivity contribution in [1.82, 2.24) is 15.5 Å². The predicted molar refractivity (Wildman–Crippen MR) is 112 cm³/mol. The molecule has 0 aliphatic carbocycles. The van der Waals surface area contributed by atoms with Gasteiger partial charge in [-0.1, -0.05) is 53.5 Å². The van der Waals surface area contributed by atoms with E-state index in [0.29, 0.717) is 22.2 Å². The van der Waals surface area contributed by atoms with Gasteiger partial charge in [0.25, 0.3) is 5.91 Å². The summed E-state index contributed by atoms with van der Waals surface area (Å²) in [6, 6.07) is 14.5. The Morgan fingerprint density at radius 3 is 2.25 bits per heavy atom. The van der Waals surface area contributed by atoms with Crippen molar-refractivity contribution >= 4 is 35.0 Å². The summed E-state index contributed by atoms with van der Waals surface area (Å²) in [5.74, 6) is -0.625. The van der Waals surface area contributed by atoms with Crippen molar-refractivity contribution in [3.05, 3.63) is 69.7 Å². The molecule has 28 heavy (non-hydrogen) atoms. The highest BCUT2D eigenvalue weighted by Gasteiger charge is 2.25. The molecule has 0 aromatic heterocycles. The first-order valence-electron chi connectivity index (χ1n) is 9.34. The quantitative estimate of drug-likeness (QED) is 0.719. The number of carbonyl (C=O) groups is 2. The maximum Gasteiger partial charge on any atom is 0.253 e. The second kappa shape index (κ2) is 9.92. The van der Waals surface area contributed by atoms with Gasteiger partial charge in [0.2, 0.25) is 5.91 Å². The summed E-state index contributed by atoms with van der Waals surface area (Å²) < 4.78 is 0. The summed E-state index contributed by atoms with van der Waals surface area (Å²) in [6.45, 7) is 2.29. The fourth-order valence-electron chi connectivity index (χ4n) is 3.41. The zero-order valence-electron chi connectivity index (χ0n) is 15.5. The van der Waals surface area contributed by atoms with Gasteiger partial charge in [-0.3, -0.25) is 14.5 Å². The number of nitrogens with one attached hydrogen (secondary N) is 2. The number of benzene rings is 2. The van der Waals surface area contributed by atoms with Gasteiger partial charge in [-0.2, -0.15) is 0 Å². The number of nitrogens with zero attached hydrogens (tertiary/aromatic N) is 1. The highest BCUT2D eigenvalue weighted by Crippen LogP contribution is 2.29. The number of hydrogen-bond acceptors (Lipinski definition) is 3. The molecule has 2 aromatic rings. The summed E-state index contributed by atoms with van der Waals surface area (Å²) >= 11 is 12.4. The van der Waals surface area contributed by atoms with Gasteiger partial charge in [-0.25, -0.2) is 0 Å². The van der Waals surface area contributed by atoms with Crippen LogP contribution in [-0.2, 0) is 4.79 Å². The molecule has 1 aliphatic heterocycles. The summed E-state index contributed by atoms with van der Waals surface area (Å²) in [7, 11) is 0. The molecule has 1 unspecified atom stereocenters. The topological polar surface area (TPSA) is 61.4 Å². The van der Waals surface area contributed by atoms with E-state index in [1.54, 1.807) is 24.3 Å². The van der Waals surface area contributed by atoms with Crippen molar-refractivity contribution in [2.75, 3.05) is 26.2 Å². The smallest absolute Gasteiger partial charge is 0.253 e. The van der Waals surface area contributed by atoms with Crippen molar-refractivity contribution in [2.45, 2.75) is 18.9 Å². The van der Waals surface area contributed by atoms with Crippen LogP contribution in [0.1, 0.15) is 34.8 Å². The molecule has 0 spiro atoms. The van der Waals surface area contributed by atoms with E-state index in [9.17, 15) is 9.59 Å². The monoisotopic (exact) mass is 419 g/mol. The number of hydrogen-bond donors (Lipinski definition) is 2. The van der Waals surface area contributed by atoms with Gasteiger partial charge < -0.3 is 10.6 Å². The first kappa shape index (κ1) is 20.6. The van der Waals surface area contributed by atoms with Crippen LogP contribution in [0.15, 0.2) is 48.5 Å². The molecule has 1 saturated heterocycles. The van der Waals surface area contributed by atoms with Crippen LogP contribution in [-0.4, -0.2) is 42.9 Å². The van der Waals surface area contributed by atoms with Gasteiger partial charge in [0.15, 0.2) is 0 Å².